The number of nitrogens with zero attached hydrogens (tertiary/aromatic N) is 5. The molecule has 0 bridgehead atoms. The van der Waals surface area contributed by atoms with Gasteiger partial charge in [0, 0.05) is 16.8 Å². The molecule has 1 atom stereocenters. The Balaban J connectivity index is 1.75. The van der Waals surface area contributed by atoms with E-state index in [9.17, 15) is 4.79 Å². The maximum Gasteiger partial charge on any atom is 0.255 e. The smallest absolute Gasteiger partial charge is 0.255 e. The molecule has 3 aromatic heterocycles. The van der Waals surface area contributed by atoms with Gasteiger partial charge >= 0.3 is 0 Å². The fourth-order valence-corrected chi connectivity index (χ4v) is 3.47. The van der Waals surface area contributed by atoms with Gasteiger partial charge in [-0.15, -0.1) is 11.3 Å². The average molecular weight is 339 g/mol. The summed E-state index contributed by atoms with van der Waals surface area (Å²) in [6.45, 7) is 1.84. The summed E-state index contributed by atoms with van der Waals surface area (Å²) in [5, 5.41) is 19.6. The topological polar surface area (TPSA) is 97.6 Å². The van der Waals surface area contributed by atoms with Crippen LogP contribution in [0.15, 0.2) is 53.3 Å². The van der Waals surface area contributed by atoms with Crippen LogP contribution in [0.1, 0.15) is 17.8 Å². The zero-order chi connectivity index (χ0) is 16.5. The number of allylic oxidation sites excluding steroid dienone is 1. The summed E-state index contributed by atoms with van der Waals surface area (Å²) < 4.78 is 1.62. The number of anilines is 2. The quantitative estimate of drug-likeness (QED) is 0.758. The number of thiophene rings is 1. The second kappa shape index (κ2) is 5.85. The van der Waals surface area contributed by atoms with Gasteiger partial charge in [-0.1, -0.05) is 11.2 Å². The summed E-state index contributed by atoms with van der Waals surface area (Å²) in [7, 11) is 0. The Morgan fingerprint density at radius 3 is 3.04 bits per heavy atom. The molecule has 9 heteroatoms. The van der Waals surface area contributed by atoms with Crippen LogP contribution >= 0.6 is 11.3 Å². The van der Waals surface area contributed by atoms with Crippen LogP contribution in [0.25, 0.3) is 0 Å². The van der Waals surface area contributed by atoms with Gasteiger partial charge in [-0.05, 0) is 40.9 Å². The molecule has 0 fully saturated rings. The minimum absolute atomic E-state index is 0.215. The predicted molar refractivity (Wildman–Crippen MR) is 89.5 cm³/mol. The highest BCUT2D eigenvalue weighted by Gasteiger charge is 2.34. The summed E-state index contributed by atoms with van der Waals surface area (Å²) in [6.07, 6.45) is 3.26. The molecule has 2 N–H and O–H groups in total. The highest BCUT2D eigenvalue weighted by Crippen LogP contribution is 2.36. The van der Waals surface area contributed by atoms with Crippen LogP contribution in [0.3, 0.4) is 0 Å². The Hall–Kier alpha value is -3.07. The number of carbonyl (C=O) groups excluding carboxylic acids is 1. The zero-order valence-corrected chi connectivity index (χ0v) is 13.5. The molecule has 0 radical (unpaired) electrons. The van der Waals surface area contributed by atoms with Crippen LogP contribution in [0.2, 0.25) is 0 Å². The number of tetrazole rings is 1. The van der Waals surface area contributed by atoms with E-state index in [1.54, 1.807) is 40.5 Å². The van der Waals surface area contributed by atoms with Crippen molar-refractivity contribution < 1.29 is 4.79 Å². The molecule has 8 nitrogen and oxygen atoms in total. The predicted octanol–water partition coefficient (Wildman–Crippen LogP) is 2.06. The molecule has 1 unspecified atom stereocenters. The first kappa shape index (κ1) is 14.5. The van der Waals surface area contributed by atoms with Crippen molar-refractivity contribution in [3.05, 3.63) is 58.2 Å². The maximum absolute atomic E-state index is 12.9. The molecule has 24 heavy (non-hydrogen) atoms. The molecule has 0 aromatic carbocycles. The van der Waals surface area contributed by atoms with Crippen molar-refractivity contribution in [1.29, 1.82) is 0 Å². The SMILES string of the molecule is CC1=C(C(=O)Nc2cccnc2)C(c2cccs2)n2nnnc2N1. The standard InChI is InChI=1S/C15H13N7OS/c1-9-12(14(23)18-10-4-2-6-16-8-10)13(11-5-3-7-24-11)22-15(17-9)19-20-21-22/h2-8,13H,1H3,(H,18,23)(H,17,19,21). The Labute approximate surface area is 141 Å². The van der Waals surface area contributed by atoms with Gasteiger partial charge in [0.1, 0.15) is 6.04 Å². The normalized spacial score (nSPS) is 16.5. The largest absolute Gasteiger partial charge is 0.326 e. The summed E-state index contributed by atoms with van der Waals surface area (Å²) in [5.41, 5.74) is 1.92. The van der Waals surface area contributed by atoms with Crippen LogP contribution in [-0.2, 0) is 4.79 Å². The van der Waals surface area contributed by atoms with Crippen LogP contribution in [0.4, 0.5) is 11.6 Å². The first-order valence-corrected chi connectivity index (χ1v) is 8.12. The summed E-state index contributed by atoms with van der Waals surface area (Å²) in [4.78, 5) is 17.9. The number of hydrogen-bond donors (Lipinski definition) is 2. The Morgan fingerprint density at radius 2 is 2.29 bits per heavy atom. The monoisotopic (exact) mass is 339 g/mol. The average Bonchev–Trinajstić information content (AvgIpc) is 3.25. The summed E-state index contributed by atoms with van der Waals surface area (Å²) in [6, 6.07) is 7.11. The van der Waals surface area contributed by atoms with Gasteiger partial charge in [-0.2, -0.15) is 4.68 Å². The van der Waals surface area contributed by atoms with E-state index in [4.69, 9.17) is 0 Å². The van der Waals surface area contributed by atoms with Gasteiger partial charge in [-0.25, -0.2) is 0 Å². The highest BCUT2D eigenvalue weighted by atomic mass is 32.1. The molecule has 1 aliphatic rings. The van der Waals surface area contributed by atoms with Crippen LogP contribution in [0, 0.1) is 0 Å². The lowest BCUT2D eigenvalue weighted by Gasteiger charge is -2.26. The molecular weight excluding hydrogens is 326 g/mol. The molecule has 0 aliphatic carbocycles. The summed E-state index contributed by atoms with van der Waals surface area (Å²) >= 11 is 1.56. The van der Waals surface area contributed by atoms with Crippen molar-refractivity contribution >= 4 is 28.9 Å². The number of amides is 1. The Bertz CT molecular complexity index is 901. The third-order valence-corrected chi connectivity index (χ3v) is 4.62. The maximum atomic E-state index is 12.9. The number of rotatable bonds is 3. The first-order chi connectivity index (χ1) is 11.7. The van der Waals surface area contributed by atoms with Crippen molar-refractivity contribution in [2.75, 3.05) is 10.6 Å². The Morgan fingerprint density at radius 1 is 1.38 bits per heavy atom. The van der Waals surface area contributed by atoms with E-state index in [1.807, 2.05) is 24.4 Å². The van der Waals surface area contributed by atoms with Gasteiger partial charge in [0.15, 0.2) is 0 Å². The molecule has 0 spiro atoms. The lowest BCUT2D eigenvalue weighted by molar-refractivity contribution is -0.113. The van der Waals surface area contributed by atoms with Crippen molar-refractivity contribution in [1.82, 2.24) is 25.2 Å². The molecule has 1 amide bonds. The van der Waals surface area contributed by atoms with Crippen LogP contribution in [-0.4, -0.2) is 31.1 Å². The lowest BCUT2D eigenvalue weighted by atomic mass is 10.0. The lowest BCUT2D eigenvalue weighted by Crippen LogP contribution is -2.31. The van der Waals surface area contributed by atoms with E-state index in [0.717, 1.165) is 10.6 Å². The molecule has 4 rings (SSSR count). The van der Waals surface area contributed by atoms with Gasteiger partial charge in [-0.3, -0.25) is 9.78 Å². The van der Waals surface area contributed by atoms with E-state index in [2.05, 4.69) is 31.1 Å². The number of carbonyl (C=O) groups is 1. The fourth-order valence-electron chi connectivity index (χ4n) is 2.65. The number of nitrogens with one attached hydrogen (secondary N) is 2. The molecule has 4 heterocycles. The molecular formula is C15H13N7OS. The van der Waals surface area contributed by atoms with E-state index in [-0.39, 0.29) is 11.9 Å². The highest BCUT2D eigenvalue weighted by molar-refractivity contribution is 7.10. The molecule has 1 aliphatic heterocycles. The molecule has 120 valence electrons. The second-order valence-electron chi connectivity index (χ2n) is 5.22. The number of aromatic nitrogens is 5. The van der Waals surface area contributed by atoms with Crippen molar-refractivity contribution in [2.24, 2.45) is 0 Å². The molecule has 0 saturated heterocycles. The van der Waals surface area contributed by atoms with Crippen molar-refractivity contribution in [2.45, 2.75) is 13.0 Å². The van der Waals surface area contributed by atoms with Gasteiger partial charge in [0.05, 0.1) is 17.5 Å². The van der Waals surface area contributed by atoms with E-state index >= 15 is 0 Å². The van der Waals surface area contributed by atoms with E-state index in [0.29, 0.717) is 17.2 Å². The van der Waals surface area contributed by atoms with E-state index in [1.165, 1.54) is 0 Å². The molecule has 0 saturated carbocycles. The molecule has 3 aromatic rings. The van der Waals surface area contributed by atoms with Gasteiger partial charge in [0.2, 0.25) is 5.95 Å². The summed E-state index contributed by atoms with van der Waals surface area (Å²) in [5.74, 6) is 0.302. The first-order valence-electron chi connectivity index (χ1n) is 7.24. The number of pyridine rings is 1. The number of fused-ring (bicyclic) bond motifs is 1. The zero-order valence-electron chi connectivity index (χ0n) is 12.7. The van der Waals surface area contributed by atoms with Crippen molar-refractivity contribution in [3.63, 3.8) is 0 Å². The second-order valence-corrected chi connectivity index (χ2v) is 6.20. The van der Waals surface area contributed by atoms with Gasteiger partial charge < -0.3 is 10.6 Å². The minimum atomic E-state index is -0.368. The number of hydrogen-bond acceptors (Lipinski definition) is 7. The minimum Gasteiger partial charge on any atom is -0.326 e. The van der Waals surface area contributed by atoms with E-state index < -0.39 is 0 Å². The van der Waals surface area contributed by atoms with Crippen molar-refractivity contribution in [3.8, 4) is 0 Å². The van der Waals surface area contributed by atoms with Gasteiger partial charge in [0.25, 0.3) is 5.91 Å². The van der Waals surface area contributed by atoms with Crippen LogP contribution in [0.5, 0.6) is 0 Å². The third kappa shape index (κ3) is 2.44. The van der Waals surface area contributed by atoms with Crippen LogP contribution < -0.4 is 10.6 Å². The Kier molecular flexibility index (Phi) is 3.54. The fraction of sp³-hybridized carbons (Fsp3) is 0.133. The third-order valence-electron chi connectivity index (χ3n) is 3.69.